The summed E-state index contributed by atoms with van der Waals surface area (Å²) in [5.41, 5.74) is 0.373. The number of nitrogens with one attached hydrogen (secondary N) is 3. The number of piperidine rings is 1. The summed E-state index contributed by atoms with van der Waals surface area (Å²) in [5.74, 6) is -0.238. The van der Waals surface area contributed by atoms with Crippen molar-refractivity contribution < 1.29 is 13.2 Å². The second-order valence-corrected chi connectivity index (χ2v) is 7.79. The fourth-order valence-corrected chi connectivity index (χ4v) is 3.75. The van der Waals surface area contributed by atoms with Crippen LogP contribution in [-0.4, -0.2) is 41.0 Å². The molecule has 1 heterocycles. The summed E-state index contributed by atoms with van der Waals surface area (Å²) in [7, 11) is -2.02. The Balaban J connectivity index is 2.05. The SMILES string of the molecule is CNC(=O)c1ccc(S(=O)(=O)NCC2(C)CCCNC2)cc1. The Morgan fingerprint density at radius 2 is 2.00 bits per heavy atom. The minimum atomic E-state index is -3.56. The molecular weight excluding hydrogens is 302 g/mol. The van der Waals surface area contributed by atoms with Gasteiger partial charge in [0.1, 0.15) is 0 Å². The molecular formula is C15H23N3O3S. The van der Waals surface area contributed by atoms with Gasteiger partial charge in [-0.05, 0) is 49.1 Å². The molecule has 0 bridgehead atoms. The van der Waals surface area contributed by atoms with E-state index >= 15 is 0 Å². The Morgan fingerprint density at radius 1 is 1.32 bits per heavy atom. The Bertz CT molecular complexity index is 620. The summed E-state index contributed by atoms with van der Waals surface area (Å²) in [6.07, 6.45) is 2.05. The summed E-state index contributed by atoms with van der Waals surface area (Å²) >= 11 is 0. The van der Waals surface area contributed by atoms with Gasteiger partial charge in [-0.1, -0.05) is 6.92 Å². The van der Waals surface area contributed by atoms with Crippen molar-refractivity contribution in [2.75, 3.05) is 26.7 Å². The molecule has 2 rings (SSSR count). The summed E-state index contributed by atoms with van der Waals surface area (Å²) in [4.78, 5) is 11.6. The van der Waals surface area contributed by atoms with Crippen LogP contribution in [0.4, 0.5) is 0 Å². The molecule has 0 spiro atoms. The lowest BCUT2D eigenvalue weighted by Gasteiger charge is -2.34. The lowest BCUT2D eigenvalue weighted by Crippen LogP contribution is -2.45. The molecule has 7 heteroatoms. The van der Waals surface area contributed by atoms with Crippen molar-refractivity contribution in [1.82, 2.24) is 15.4 Å². The highest BCUT2D eigenvalue weighted by molar-refractivity contribution is 7.89. The number of rotatable bonds is 5. The van der Waals surface area contributed by atoms with Crippen LogP contribution < -0.4 is 15.4 Å². The van der Waals surface area contributed by atoms with Gasteiger partial charge in [-0.25, -0.2) is 13.1 Å². The van der Waals surface area contributed by atoms with Gasteiger partial charge in [-0.2, -0.15) is 0 Å². The van der Waals surface area contributed by atoms with Gasteiger partial charge in [0.2, 0.25) is 10.0 Å². The number of carbonyl (C=O) groups is 1. The quantitative estimate of drug-likeness (QED) is 0.744. The van der Waals surface area contributed by atoms with Crippen molar-refractivity contribution in [1.29, 1.82) is 0 Å². The first-order chi connectivity index (χ1) is 10.4. The lowest BCUT2D eigenvalue weighted by molar-refractivity contribution is 0.0963. The number of hydrogen-bond acceptors (Lipinski definition) is 4. The molecule has 1 aliphatic heterocycles. The first kappa shape index (κ1) is 16.9. The minimum absolute atomic E-state index is 0.0621. The molecule has 1 aromatic rings. The molecule has 1 aromatic carbocycles. The van der Waals surface area contributed by atoms with Gasteiger partial charge in [0.15, 0.2) is 0 Å². The zero-order chi connectivity index (χ0) is 16.2. The lowest BCUT2D eigenvalue weighted by atomic mass is 9.83. The van der Waals surface area contributed by atoms with E-state index in [-0.39, 0.29) is 16.2 Å². The fraction of sp³-hybridized carbons (Fsp3) is 0.533. The Hall–Kier alpha value is -1.44. The molecule has 22 heavy (non-hydrogen) atoms. The van der Waals surface area contributed by atoms with Crippen molar-refractivity contribution in [3.63, 3.8) is 0 Å². The molecule has 1 saturated heterocycles. The van der Waals surface area contributed by atoms with Crippen molar-refractivity contribution in [3.05, 3.63) is 29.8 Å². The van der Waals surface area contributed by atoms with Crippen molar-refractivity contribution >= 4 is 15.9 Å². The fourth-order valence-electron chi connectivity index (χ4n) is 2.55. The van der Waals surface area contributed by atoms with E-state index in [1.54, 1.807) is 0 Å². The highest BCUT2D eigenvalue weighted by atomic mass is 32.2. The van der Waals surface area contributed by atoms with E-state index in [9.17, 15) is 13.2 Å². The van der Waals surface area contributed by atoms with Crippen molar-refractivity contribution in [2.24, 2.45) is 5.41 Å². The van der Waals surface area contributed by atoms with Gasteiger partial charge in [-0.3, -0.25) is 4.79 Å². The number of benzene rings is 1. The average Bonchev–Trinajstić information content (AvgIpc) is 2.53. The van der Waals surface area contributed by atoms with E-state index in [4.69, 9.17) is 0 Å². The van der Waals surface area contributed by atoms with Crippen LogP contribution in [0.5, 0.6) is 0 Å². The highest BCUT2D eigenvalue weighted by Gasteiger charge is 2.28. The first-order valence-corrected chi connectivity index (χ1v) is 8.87. The number of hydrogen-bond donors (Lipinski definition) is 3. The summed E-state index contributed by atoms with van der Waals surface area (Å²) in [5, 5.41) is 5.80. The highest BCUT2D eigenvalue weighted by Crippen LogP contribution is 2.25. The Labute approximate surface area is 131 Å². The predicted octanol–water partition coefficient (Wildman–Crippen LogP) is 0.714. The van der Waals surface area contributed by atoms with E-state index in [2.05, 4.69) is 22.3 Å². The maximum absolute atomic E-state index is 12.3. The molecule has 1 amide bonds. The van der Waals surface area contributed by atoms with Crippen LogP contribution in [0.3, 0.4) is 0 Å². The van der Waals surface area contributed by atoms with Gasteiger partial charge in [-0.15, -0.1) is 0 Å². The van der Waals surface area contributed by atoms with Gasteiger partial charge in [0.25, 0.3) is 5.91 Å². The van der Waals surface area contributed by atoms with Crippen LogP contribution in [0.2, 0.25) is 0 Å². The zero-order valence-electron chi connectivity index (χ0n) is 13.0. The van der Waals surface area contributed by atoms with Crippen molar-refractivity contribution in [3.8, 4) is 0 Å². The minimum Gasteiger partial charge on any atom is -0.355 e. The molecule has 1 unspecified atom stereocenters. The molecule has 3 N–H and O–H groups in total. The second-order valence-electron chi connectivity index (χ2n) is 6.02. The van der Waals surface area contributed by atoms with Crippen LogP contribution in [0.1, 0.15) is 30.1 Å². The maximum Gasteiger partial charge on any atom is 0.251 e. The van der Waals surface area contributed by atoms with E-state index in [0.29, 0.717) is 12.1 Å². The molecule has 1 fully saturated rings. The second kappa shape index (κ2) is 6.76. The van der Waals surface area contributed by atoms with Gasteiger partial charge in [0.05, 0.1) is 4.90 Å². The number of carbonyl (C=O) groups excluding carboxylic acids is 1. The zero-order valence-corrected chi connectivity index (χ0v) is 13.8. The third-order valence-corrected chi connectivity index (χ3v) is 5.45. The molecule has 0 saturated carbocycles. The first-order valence-electron chi connectivity index (χ1n) is 7.39. The number of sulfonamides is 1. The van der Waals surface area contributed by atoms with E-state index in [1.165, 1.54) is 31.3 Å². The third kappa shape index (κ3) is 4.06. The average molecular weight is 325 g/mol. The topological polar surface area (TPSA) is 87.3 Å². The molecule has 6 nitrogen and oxygen atoms in total. The molecule has 0 radical (unpaired) electrons. The van der Waals surface area contributed by atoms with Crippen LogP contribution in [0, 0.1) is 5.41 Å². The smallest absolute Gasteiger partial charge is 0.251 e. The molecule has 1 aliphatic rings. The molecule has 0 aromatic heterocycles. The standard InChI is InChI=1S/C15H23N3O3S/c1-15(8-3-9-17-10-15)11-18-22(20,21)13-6-4-12(5-7-13)14(19)16-2/h4-7,17-18H,3,8-11H2,1-2H3,(H,16,19). The number of amides is 1. The summed E-state index contributed by atoms with van der Waals surface area (Å²) < 4.78 is 27.4. The van der Waals surface area contributed by atoms with Crippen LogP contribution >= 0.6 is 0 Å². The van der Waals surface area contributed by atoms with Crippen LogP contribution in [0.25, 0.3) is 0 Å². The van der Waals surface area contributed by atoms with E-state index < -0.39 is 10.0 Å². The molecule has 122 valence electrons. The normalized spacial score (nSPS) is 22.3. The summed E-state index contributed by atoms with van der Waals surface area (Å²) in [6.45, 7) is 4.28. The van der Waals surface area contributed by atoms with Gasteiger partial charge in [0, 0.05) is 25.7 Å². The molecule has 1 atom stereocenters. The van der Waals surface area contributed by atoms with Crippen LogP contribution in [-0.2, 0) is 10.0 Å². The maximum atomic E-state index is 12.3. The Morgan fingerprint density at radius 3 is 2.55 bits per heavy atom. The van der Waals surface area contributed by atoms with Gasteiger partial charge >= 0.3 is 0 Å². The van der Waals surface area contributed by atoms with Gasteiger partial charge < -0.3 is 10.6 Å². The monoisotopic (exact) mass is 325 g/mol. The Kier molecular flexibility index (Phi) is 5.20. The molecule has 0 aliphatic carbocycles. The van der Waals surface area contributed by atoms with Crippen LogP contribution in [0.15, 0.2) is 29.2 Å². The largest absolute Gasteiger partial charge is 0.355 e. The van der Waals surface area contributed by atoms with E-state index in [0.717, 1.165) is 25.9 Å². The predicted molar refractivity (Wildman–Crippen MR) is 85.2 cm³/mol. The van der Waals surface area contributed by atoms with E-state index in [1.807, 2.05) is 0 Å². The van der Waals surface area contributed by atoms with Crippen molar-refractivity contribution in [2.45, 2.75) is 24.7 Å². The summed E-state index contributed by atoms with van der Waals surface area (Å²) in [6, 6.07) is 5.93. The third-order valence-electron chi connectivity index (χ3n) is 4.03.